The number of hydrogen-bond donors (Lipinski definition) is 3. The van der Waals surface area contributed by atoms with Gasteiger partial charge in [0.1, 0.15) is 11.0 Å². The van der Waals surface area contributed by atoms with Gasteiger partial charge in [-0.15, -0.1) is 0 Å². The number of aliphatic carboxylic acids is 1. The number of H-pyrrole nitrogens is 1. The molecule has 2 rings (SSSR count). The molecule has 0 saturated heterocycles. The Balaban J connectivity index is 2.19. The molecule has 1 aromatic heterocycles. The first-order valence-electron chi connectivity index (χ1n) is 6.60. The molecule has 0 aliphatic heterocycles. The third-order valence-corrected chi connectivity index (χ3v) is 3.31. The number of fused-ring (bicyclic) bond motifs is 1. The first-order valence-corrected chi connectivity index (χ1v) is 6.60. The summed E-state index contributed by atoms with van der Waals surface area (Å²) in [6.07, 6.45) is -0.124. The smallest absolute Gasteiger partial charge is 0.305 e. The van der Waals surface area contributed by atoms with E-state index in [0.717, 1.165) is 0 Å². The highest BCUT2D eigenvalue weighted by atomic mass is 16.4. The van der Waals surface area contributed by atoms with Crippen LogP contribution in [-0.4, -0.2) is 38.4 Å². The minimum absolute atomic E-state index is 0.124. The second-order valence-electron chi connectivity index (χ2n) is 6.02. The van der Waals surface area contributed by atoms with E-state index in [0.29, 0.717) is 16.6 Å². The molecule has 21 heavy (non-hydrogen) atoms. The van der Waals surface area contributed by atoms with Gasteiger partial charge in [0.25, 0.3) is 5.91 Å². The lowest BCUT2D eigenvalue weighted by Gasteiger charge is -2.30. The van der Waals surface area contributed by atoms with Gasteiger partial charge in [-0.2, -0.15) is 15.4 Å². The van der Waals surface area contributed by atoms with E-state index in [9.17, 15) is 9.59 Å². The standard InChI is InChI=1S/C14H18N4O3/c1-14(2,3)11(7-12(19)20)15-13(21)8-4-5-9-10(6-8)17-18-16-9/h4-6,11H,7H2,1-3H3,(H,15,21)(H,19,20)(H,16,17,18). The summed E-state index contributed by atoms with van der Waals surface area (Å²) in [6, 6.07) is 4.49. The minimum atomic E-state index is -0.942. The molecule has 1 unspecified atom stereocenters. The van der Waals surface area contributed by atoms with Crippen molar-refractivity contribution in [3.8, 4) is 0 Å². The van der Waals surface area contributed by atoms with E-state index >= 15 is 0 Å². The fraction of sp³-hybridized carbons (Fsp3) is 0.429. The lowest BCUT2D eigenvalue weighted by Crippen LogP contribution is -2.45. The Bertz CT molecular complexity index is 672. The van der Waals surface area contributed by atoms with Crippen LogP contribution in [0.15, 0.2) is 18.2 Å². The van der Waals surface area contributed by atoms with Crippen LogP contribution in [0.2, 0.25) is 0 Å². The number of nitrogens with zero attached hydrogens (tertiary/aromatic N) is 2. The molecular formula is C14H18N4O3. The quantitative estimate of drug-likeness (QED) is 0.792. The first kappa shape index (κ1) is 15.0. The van der Waals surface area contributed by atoms with Gasteiger partial charge >= 0.3 is 5.97 Å². The molecule has 7 heteroatoms. The van der Waals surface area contributed by atoms with Gasteiger partial charge in [0.05, 0.1) is 6.42 Å². The van der Waals surface area contributed by atoms with Crippen molar-refractivity contribution in [2.24, 2.45) is 5.41 Å². The molecule has 7 nitrogen and oxygen atoms in total. The number of benzene rings is 1. The zero-order chi connectivity index (χ0) is 15.6. The van der Waals surface area contributed by atoms with Gasteiger partial charge < -0.3 is 10.4 Å². The molecule has 1 aromatic carbocycles. The summed E-state index contributed by atoms with van der Waals surface area (Å²) in [5, 5.41) is 22.1. The lowest BCUT2D eigenvalue weighted by atomic mass is 9.84. The van der Waals surface area contributed by atoms with E-state index in [4.69, 9.17) is 5.11 Å². The summed E-state index contributed by atoms with van der Waals surface area (Å²) in [6.45, 7) is 5.67. The molecular weight excluding hydrogens is 272 g/mol. The van der Waals surface area contributed by atoms with E-state index in [1.54, 1.807) is 18.2 Å². The third-order valence-electron chi connectivity index (χ3n) is 3.31. The van der Waals surface area contributed by atoms with Crippen molar-refractivity contribution in [3.05, 3.63) is 23.8 Å². The topological polar surface area (TPSA) is 108 Å². The van der Waals surface area contributed by atoms with Crippen LogP contribution in [0.1, 0.15) is 37.6 Å². The monoisotopic (exact) mass is 290 g/mol. The number of nitrogens with one attached hydrogen (secondary N) is 2. The summed E-state index contributed by atoms with van der Waals surface area (Å²) in [5.74, 6) is -1.26. The first-order chi connectivity index (χ1) is 9.77. The summed E-state index contributed by atoms with van der Waals surface area (Å²) < 4.78 is 0. The van der Waals surface area contributed by atoms with E-state index < -0.39 is 12.0 Å². The van der Waals surface area contributed by atoms with Crippen LogP contribution in [0.3, 0.4) is 0 Å². The number of aromatic amines is 1. The number of carboxylic acids is 1. The second kappa shape index (κ2) is 5.51. The molecule has 112 valence electrons. The molecule has 1 amide bonds. The molecule has 0 saturated carbocycles. The molecule has 0 spiro atoms. The Morgan fingerprint density at radius 3 is 2.57 bits per heavy atom. The fourth-order valence-corrected chi connectivity index (χ4v) is 1.97. The van der Waals surface area contributed by atoms with Crippen molar-refractivity contribution in [1.82, 2.24) is 20.7 Å². The van der Waals surface area contributed by atoms with Crippen LogP contribution < -0.4 is 5.32 Å². The van der Waals surface area contributed by atoms with Crippen LogP contribution >= 0.6 is 0 Å². The van der Waals surface area contributed by atoms with E-state index in [2.05, 4.69) is 20.7 Å². The molecule has 2 aromatic rings. The number of hydrogen-bond acceptors (Lipinski definition) is 4. The minimum Gasteiger partial charge on any atom is -0.481 e. The van der Waals surface area contributed by atoms with Crippen molar-refractivity contribution in [2.75, 3.05) is 0 Å². The van der Waals surface area contributed by atoms with Crippen molar-refractivity contribution < 1.29 is 14.7 Å². The molecule has 1 atom stereocenters. The molecule has 3 N–H and O–H groups in total. The normalized spacial score (nSPS) is 13.1. The molecule has 0 aliphatic rings. The van der Waals surface area contributed by atoms with Crippen LogP contribution in [0.5, 0.6) is 0 Å². The predicted molar refractivity (Wildman–Crippen MR) is 76.9 cm³/mol. The van der Waals surface area contributed by atoms with Gasteiger partial charge in [-0.1, -0.05) is 20.8 Å². The summed E-state index contributed by atoms with van der Waals surface area (Å²) >= 11 is 0. The summed E-state index contributed by atoms with van der Waals surface area (Å²) in [4.78, 5) is 23.2. The second-order valence-corrected chi connectivity index (χ2v) is 6.02. The number of rotatable bonds is 4. The Hall–Kier alpha value is -2.44. The van der Waals surface area contributed by atoms with Gasteiger partial charge in [0, 0.05) is 11.6 Å². The highest BCUT2D eigenvalue weighted by Gasteiger charge is 2.28. The fourth-order valence-electron chi connectivity index (χ4n) is 1.97. The maximum Gasteiger partial charge on any atom is 0.305 e. The van der Waals surface area contributed by atoms with Crippen LogP contribution in [0, 0.1) is 5.41 Å². The maximum absolute atomic E-state index is 12.3. The Kier molecular flexibility index (Phi) is 3.93. The largest absolute Gasteiger partial charge is 0.481 e. The van der Waals surface area contributed by atoms with Gasteiger partial charge in [0.15, 0.2) is 0 Å². The summed E-state index contributed by atoms with van der Waals surface area (Å²) in [5.41, 5.74) is 1.33. The van der Waals surface area contributed by atoms with Crippen LogP contribution in [-0.2, 0) is 4.79 Å². The van der Waals surface area contributed by atoms with Crippen molar-refractivity contribution in [2.45, 2.75) is 33.2 Å². The lowest BCUT2D eigenvalue weighted by molar-refractivity contribution is -0.138. The highest BCUT2D eigenvalue weighted by molar-refractivity contribution is 5.97. The average Bonchev–Trinajstić information content (AvgIpc) is 2.83. The molecule has 0 aliphatic carbocycles. The van der Waals surface area contributed by atoms with Gasteiger partial charge in [-0.25, -0.2) is 0 Å². The van der Waals surface area contributed by atoms with Crippen LogP contribution in [0.25, 0.3) is 11.0 Å². The Morgan fingerprint density at radius 2 is 1.95 bits per heavy atom. The number of carboxylic acid groups (broad SMARTS) is 1. The zero-order valence-corrected chi connectivity index (χ0v) is 12.2. The van der Waals surface area contributed by atoms with Gasteiger partial charge in [-0.05, 0) is 23.6 Å². The zero-order valence-electron chi connectivity index (χ0n) is 12.2. The van der Waals surface area contributed by atoms with E-state index in [1.165, 1.54) is 0 Å². The SMILES string of the molecule is CC(C)(C)C(CC(=O)O)NC(=O)c1ccc2n[nH]nc2c1. The molecule has 1 heterocycles. The number of aromatic nitrogens is 3. The predicted octanol–water partition coefficient (Wildman–Crippen LogP) is 1.58. The Labute approximate surface area is 121 Å². The van der Waals surface area contributed by atoms with Gasteiger partial charge in [0.2, 0.25) is 0 Å². The van der Waals surface area contributed by atoms with E-state index in [-0.39, 0.29) is 17.7 Å². The van der Waals surface area contributed by atoms with E-state index in [1.807, 2.05) is 20.8 Å². The highest BCUT2D eigenvalue weighted by Crippen LogP contribution is 2.22. The van der Waals surface area contributed by atoms with Gasteiger partial charge in [-0.3, -0.25) is 9.59 Å². The van der Waals surface area contributed by atoms with Crippen molar-refractivity contribution in [1.29, 1.82) is 0 Å². The van der Waals surface area contributed by atoms with Crippen LogP contribution in [0.4, 0.5) is 0 Å². The maximum atomic E-state index is 12.3. The molecule has 0 fully saturated rings. The van der Waals surface area contributed by atoms with Crippen molar-refractivity contribution >= 4 is 22.9 Å². The molecule has 0 radical (unpaired) electrons. The third kappa shape index (κ3) is 3.56. The number of carbonyl (C=O) groups is 2. The Morgan fingerprint density at radius 1 is 1.29 bits per heavy atom. The number of amides is 1. The van der Waals surface area contributed by atoms with Crippen molar-refractivity contribution in [3.63, 3.8) is 0 Å². The number of carbonyl (C=O) groups excluding carboxylic acids is 1. The average molecular weight is 290 g/mol. The summed E-state index contributed by atoms with van der Waals surface area (Å²) in [7, 11) is 0. The molecule has 0 bridgehead atoms.